The van der Waals surface area contributed by atoms with Gasteiger partial charge in [-0.3, -0.25) is 0 Å². The molecule has 0 rings (SSSR count). The molecule has 0 unspecified atom stereocenters. The standard InChI is InChI=1S/C6H12O2/c1-4-6(8-3)5(2)7/h4-7H,1H2,2-3H3/t5-,6+/m1/s1. The largest absolute Gasteiger partial charge is 0.390 e. The van der Waals surface area contributed by atoms with Gasteiger partial charge >= 0.3 is 0 Å². The number of ether oxygens (including phenoxy) is 1. The molecule has 0 saturated carbocycles. The van der Waals surface area contributed by atoms with Crippen LogP contribution in [-0.4, -0.2) is 24.4 Å². The van der Waals surface area contributed by atoms with Crippen molar-refractivity contribution < 1.29 is 9.84 Å². The summed E-state index contributed by atoms with van der Waals surface area (Å²) < 4.78 is 4.79. The van der Waals surface area contributed by atoms with Gasteiger partial charge in [-0.25, -0.2) is 0 Å². The van der Waals surface area contributed by atoms with Gasteiger partial charge in [-0.1, -0.05) is 6.08 Å². The van der Waals surface area contributed by atoms with Crippen LogP contribution in [0.5, 0.6) is 0 Å². The van der Waals surface area contributed by atoms with E-state index in [-0.39, 0.29) is 6.10 Å². The first-order valence-corrected chi connectivity index (χ1v) is 2.55. The lowest BCUT2D eigenvalue weighted by atomic mass is 10.2. The van der Waals surface area contributed by atoms with Crippen LogP contribution in [0.25, 0.3) is 0 Å². The van der Waals surface area contributed by atoms with E-state index in [4.69, 9.17) is 9.84 Å². The van der Waals surface area contributed by atoms with E-state index in [0.29, 0.717) is 0 Å². The van der Waals surface area contributed by atoms with E-state index in [0.717, 1.165) is 0 Å². The molecule has 0 aliphatic carbocycles. The molecule has 0 aliphatic rings. The summed E-state index contributed by atoms with van der Waals surface area (Å²) in [6, 6.07) is 0. The quantitative estimate of drug-likeness (QED) is 0.546. The van der Waals surface area contributed by atoms with E-state index in [1.807, 2.05) is 0 Å². The monoisotopic (exact) mass is 116 g/mol. The molecule has 0 heterocycles. The first kappa shape index (κ1) is 7.66. The molecule has 0 aromatic carbocycles. The van der Waals surface area contributed by atoms with Crippen LogP contribution in [0, 0.1) is 0 Å². The Labute approximate surface area is 49.8 Å². The summed E-state index contributed by atoms with van der Waals surface area (Å²) in [6.07, 6.45) is 0.887. The van der Waals surface area contributed by atoms with Gasteiger partial charge in [-0.05, 0) is 6.92 Å². The molecular formula is C6H12O2. The fourth-order valence-electron chi connectivity index (χ4n) is 0.490. The lowest BCUT2D eigenvalue weighted by Crippen LogP contribution is -2.21. The van der Waals surface area contributed by atoms with Gasteiger partial charge in [-0.2, -0.15) is 0 Å². The van der Waals surface area contributed by atoms with Crippen LogP contribution in [0.15, 0.2) is 12.7 Å². The third kappa shape index (κ3) is 2.09. The van der Waals surface area contributed by atoms with Crippen LogP contribution in [0.3, 0.4) is 0 Å². The molecule has 0 aromatic heterocycles. The summed E-state index contributed by atoms with van der Waals surface area (Å²) in [5, 5.41) is 8.82. The number of methoxy groups -OCH3 is 1. The van der Waals surface area contributed by atoms with Crippen molar-refractivity contribution in [2.45, 2.75) is 19.1 Å². The van der Waals surface area contributed by atoms with Crippen molar-refractivity contribution in [2.75, 3.05) is 7.11 Å². The summed E-state index contributed by atoms with van der Waals surface area (Å²) in [5.41, 5.74) is 0. The highest BCUT2D eigenvalue weighted by Crippen LogP contribution is 1.96. The van der Waals surface area contributed by atoms with Gasteiger partial charge in [0.2, 0.25) is 0 Å². The first-order valence-electron chi connectivity index (χ1n) is 2.55. The van der Waals surface area contributed by atoms with Gasteiger partial charge < -0.3 is 9.84 Å². The van der Waals surface area contributed by atoms with Crippen molar-refractivity contribution in [3.63, 3.8) is 0 Å². The summed E-state index contributed by atoms with van der Waals surface area (Å²) in [5.74, 6) is 0. The molecule has 0 aromatic rings. The van der Waals surface area contributed by atoms with Crippen molar-refractivity contribution in [2.24, 2.45) is 0 Å². The lowest BCUT2D eigenvalue weighted by molar-refractivity contribution is 0.0279. The van der Waals surface area contributed by atoms with E-state index in [1.165, 1.54) is 0 Å². The molecule has 48 valence electrons. The normalized spacial score (nSPS) is 17.4. The van der Waals surface area contributed by atoms with Crippen LogP contribution in [0.1, 0.15) is 6.92 Å². The number of hydrogen-bond acceptors (Lipinski definition) is 2. The topological polar surface area (TPSA) is 29.5 Å². The SMILES string of the molecule is C=C[C@H](OC)[C@@H](C)O. The average Bonchev–Trinajstić information content (AvgIpc) is 1.69. The van der Waals surface area contributed by atoms with Gasteiger partial charge in [0.15, 0.2) is 0 Å². The minimum absolute atomic E-state index is 0.227. The Morgan fingerprint density at radius 2 is 2.25 bits per heavy atom. The maximum Gasteiger partial charge on any atom is 0.101 e. The van der Waals surface area contributed by atoms with Crippen LogP contribution < -0.4 is 0 Å². The Morgan fingerprint density at radius 3 is 2.25 bits per heavy atom. The van der Waals surface area contributed by atoms with Crippen molar-refractivity contribution in [3.05, 3.63) is 12.7 Å². The molecule has 8 heavy (non-hydrogen) atoms. The van der Waals surface area contributed by atoms with Gasteiger partial charge in [0.05, 0.1) is 6.10 Å². The summed E-state index contributed by atoms with van der Waals surface area (Å²) >= 11 is 0. The minimum Gasteiger partial charge on any atom is -0.390 e. The second kappa shape index (κ2) is 3.64. The highest BCUT2D eigenvalue weighted by molar-refractivity contribution is 4.83. The van der Waals surface area contributed by atoms with Crippen molar-refractivity contribution >= 4 is 0 Å². The van der Waals surface area contributed by atoms with Gasteiger partial charge in [0.1, 0.15) is 6.10 Å². The molecule has 0 aliphatic heterocycles. The van der Waals surface area contributed by atoms with Crippen LogP contribution in [0.4, 0.5) is 0 Å². The highest BCUT2D eigenvalue weighted by atomic mass is 16.5. The third-order valence-electron chi connectivity index (χ3n) is 0.980. The van der Waals surface area contributed by atoms with Gasteiger partial charge in [0.25, 0.3) is 0 Å². The highest BCUT2D eigenvalue weighted by Gasteiger charge is 2.06. The zero-order chi connectivity index (χ0) is 6.57. The Bertz CT molecular complexity index is 68.9. The Hall–Kier alpha value is -0.340. The number of rotatable bonds is 3. The van der Waals surface area contributed by atoms with Gasteiger partial charge in [0, 0.05) is 7.11 Å². The Kier molecular flexibility index (Phi) is 3.48. The number of aliphatic hydroxyl groups excluding tert-OH is 1. The molecule has 0 radical (unpaired) electrons. The second-order valence-electron chi connectivity index (χ2n) is 1.68. The lowest BCUT2D eigenvalue weighted by Gasteiger charge is -2.11. The minimum atomic E-state index is -0.461. The van der Waals surface area contributed by atoms with Crippen molar-refractivity contribution in [1.82, 2.24) is 0 Å². The fourth-order valence-corrected chi connectivity index (χ4v) is 0.490. The van der Waals surface area contributed by atoms with Crippen molar-refractivity contribution in [1.29, 1.82) is 0 Å². The summed E-state index contributed by atoms with van der Waals surface area (Å²) in [6.45, 7) is 5.13. The molecule has 0 bridgehead atoms. The van der Waals surface area contributed by atoms with Crippen LogP contribution in [-0.2, 0) is 4.74 Å². The number of hydrogen-bond donors (Lipinski definition) is 1. The molecule has 0 saturated heterocycles. The van der Waals surface area contributed by atoms with Crippen LogP contribution >= 0.6 is 0 Å². The first-order chi connectivity index (χ1) is 3.72. The van der Waals surface area contributed by atoms with Crippen LogP contribution in [0.2, 0.25) is 0 Å². The fraction of sp³-hybridized carbons (Fsp3) is 0.667. The molecular weight excluding hydrogens is 104 g/mol. The molecule has 1 N–H and O–H groups in total. The molecule has 2 heteroatoms. The summed E-state index contributed by atoms with van der Waals surface area (Å²) in [7, 11) is 1.54. The third-order valence-corrected chi connectivity index (χ3v) is 0.980. The molecule has 0 fully saturated rings. The van der Waals surface area contributed by atoms with E-state index in [9.17, 15) is 0 Å². The van der Waals surface area contributed by atoms with E-state index in [1.54, 1.807) is 20.1 Å². The smallest absolute Gasteiger partial charge is 0.101 e. The molecule has 0 spiro atoms. The second-order valence-corrected chi connectivity index (χ2v) is 1.68. The van der Waals surface area contributed by atoms with Crippen molar-refractivity contribution in [3.8, 4) is 0 Å². The molecule has 2 atom stereocenters. The van der Waals surface area contributed by atoms with E-state index >= 15 is 0 Å². The maximum atomic E-state index is 8.82. The van der Waals surface area contributed by atoms with E-state index < -0.39 is 6.10 Å². The van der Waals surface area contributed by atoms with Gasteiger partial charge in [-0.15, -0.1) is 6.58 Å². The predicted molar refractivity (Wildman–Crippen MR) is 32.7 cm³/mol. The predicted octanol–water partition coefficient (Wildman–Crippen LogP) is 0.568. The Morgan fingerprint density at radius 1 is 1.75 bits per heavy atom. The zero-order valence-electron chi connectivity index (χ0n) is 5.29. The Balaban J connectivity index is 3.51. The van der Waals surface area contributed by atoms with E-state index in [2.05, 4.69) is 6.58 Å². The maximum absolute atomic E-state index is 8.82. The number of aliphatic hydroxyl groups is 1. The summed E-state index contributed by atoms with van der Waals surface area (Å²) in [4.78, 5) is 0. The molecule has 2 nitrogen and oxygen atoms in total. The average molecular weight is 116 g/mol. The molecule has 0 amide bonds. The zero-order valence-corrected chi connectivity index (χ0v) is 5.29.